The Labute approximate surface area is 103 Å². The predicted molar refractivity (Wildman–Crippen MR) is 66.3 cm³/mol. The molecule has 0 bridgehead atoms. The van der Waals surface area contributed by atoms with Gasteiger partial charge < -0.3 is 4.74 Å². The van der Waals surface area contributed by atoms with E-state index >= 15 is 0 Å². The van der Waals surface area contributed by atoms with Crippen molar-refractivity contribution in [3.05, 3.63) is 22.4 Å². The first-order chi connectivity index (χ1) is 7.33. The number of halogens is 1. The van der Waals surface area contributed by atoms with E-state index in [4.69, 9.17) is 4.74 Å². The molecule has 1 rings (SSSR count). The molecule has 0 saturated carbocycles. The van der Waals surface area contributed by atoms with Gasteiger partial charge in [0.15, 0.2) is 5.69 Å². The van der Waals surface area contributed by atoms with Crippen molar-refractivity contribution in [1.29, 1.82) is 0 Å². The van der Waals surface area contributed by atoms with E-state index in [1.54, 1.807) is 28.9 Å². The number of aryl methyl sites for hydroxylation is 1. The smallest absolute Gasteiger partial charge is 0.359 e. The van der Waals surface area contributed by atoms with E-state index in [1.165, 1.54) is 0 Å². The second-order valence-corrected chi connectivity index (χ2v) is 4.90. The van der Waals surface area contributed by atoms with Crippen LogP contribution >= 0.6 is 15.9 Å². The second-order valence-electron chi connectivity index (χ2n) is 4.37. The average molecular weight is 287 g/mol. The van der Waals surface area contributed by atoms with Gasteiger partial charge in [-0.3, -0.25) is 4.68 Å². The normalized spacial score (nSPS) is 12.1. The molecule has 0 radical (unpaired) electrons. The molecule has 0 aromatic carbocycles. The highest BCUT2D eigenvalue weighted by atomic mass is 79.9. The molecule has 0 amide bonds. The maximum Gasteiger partial charge on any atom is 0.359 e. The van der Waals surface area contributed by atoms with Crippen LogP contribution in [0.1, 0.15) is 37.0 Å². The van der Waals surface area contributed by atoms with Gasteiger partial charge in [0, 0.05) is 7.05 Å². The molecule has 0 aliphatic carbocycles. The molecule has 4 nitrogen and oxygen atoms in total. The molecule has 1 aromatic heterocycles. The van der Waals surface area contributed by atoms with Gasteiger partial charge in [-0.2, -0.15) is 5.10 Å². The number of carbonyl (C=O) groups excluding carboxylic acids is 1. The van der Waals surface area contributed by atoms with Crippen LogP contribution in [0.3, 0.4) is 0 Å². The summed E-state index contributed by atoms with van der Waals surface area (Å²) in [6.45, 7) is 5.48. The zero-order chi connectivity index (χ0) is 12.3. The van der Waals surface area contributed by atoms with Crippen molar-refractivity contribution in [3.8, 4) is 0 Å². The van der Waals surface area contributed by atoms with Crippen LogP contribution in [0.4, 0.5) is 0 Å². The quantitative estimate of drug-likeness (QED) is 0.786. The van der Waals surface area contributed by atoms with Crippen LogP contribution in [-0.4, -0.2) is 21.4 Å². The van der Waals surface area contributed by atoms with E-state index in [9.17, 15) is 4.79 Å². The molecule has 1 heterocycles. The largest absolute Gasteiger partial charge is 0.455 e. The van der Waals surface area contributed by atoms with E-state index in [0.29, 0.717) is 5.69 Å². The van der Waals surface area contributed by atoms with Crippen LogP contribution in [0.25, 0.3) is 6.08 Å². The number of rotatable bonds is 2. The van der Waals surface area contributed by atoms with Gasteiger partial charge in [0.1, 0.15) is 5.60 Å². The van der Waals surface area contributed by atoms with Gasteiger partial charge in [-0.15, -0.1) is 0 Å². The summed E-state index contributed by atoms with van der Waals surface area (Å²) in [6, 6.07) is 1.69. The summed E-state index contributed by atoms with van der Waals surface area (Å²) in [6.07, 6.45) is 1.81. The molecule has 16 heavy (non-hydrogen) atoms. The summed E-state index contributed by atoms with van der Waals surface area (Å²) < 4.78 is 6.84. The van der Waals surface area contributed by atoms with Crippen LogP contribution in [0.15, 0.2) is 11.1 Å². The molecule has 0 aliphatic rings. The van der Waals surface area contributed by atoms with E-state index in [1.807, 2.05) is 20.8 Å². The lowest BCUT2D eigenvalue weighted by molar-refractivity contribution is 0.00621. The molecule has 0 unspecified atom stereocenters. The van der Waals surface area contributed by atoms with Crippen molar-refractivity contribution in [2.45, 2.75) is 26.4 Å². The van der Waals surface area contributed by atoms with Crippen molar-refractivity contribution >= 4 is 28.0 Å². The minimum Gasteiger partial charge on any atom is -0.455 e. The molecular weight excluding hydrogens is 272 g/mol. The van der Waals surface area contributed by atoms with Gasteiger partial charge in [0.25, 0.3) is 0 Å². The van der Waals surface area contributed by atoms with E-state index in [0.717, 1.165) is 5.69 Å². The molecule has 0 spiro atoms. The Morgan fingerprint density at radius 2 is 2.19 bits per heavy atom. The highest BCUT2D eigenvalue weighted by Gasteiger charge is 2.20. The zero-order valence-electron chi connectivity index (χ0n) is 9.82. The number of hydrogen-bond acceptors (Lipinski definition) is 3. The van der Waals surface area contributed by atoms with Gasteiger partial charge in [0.2, 0.25) is 0 Å². The molecule has 0 atom stereocenters. The third kappa shape index (κ3) is 3.48. The lowest BCUT2D eigenvalue weighted by Gasteiger charge is -2.18. The van der Waals surface area contributed by atoms with Crippen LogP contribution in [0, 0.1) is 0 Å². The molecule has 88 valence electrons. The van der Waals surface area contributed by atoms with Crippen molar-refractivity contribution < 1.29 is 9.53 Å². The van der Waals surface area contributed by atoms with Gasteiger partial charge in [-0.05, 0) is 37.9 Å². The number of ether oxygens (including phenoxy) is 1. The fraction of sp³-hybridized carbons (Fsp3) is 0.455. The summed E-state index contributed by atoms with van der Waals surface area (Å²) in [7, 11) is 1.77. The molecule has 0 aliphatic heterocycles. The Balaban J connectivity index is 2.89. The summed E-state index contributed by atoms with van der Waals surface area (Å²) in [5.41, 5.74) is 0.649. The summed E-state index contributed by atoms with van der Waals surface area (Å²) in [4.78, 5) is 13.4. The third-order valence-electron chi connectivity index (χ3n) is 1.76. The Kier molecular flexibility index (Phi) is 3.91. The Morgan fingerprint density at radius 3 is 2.69 bits per heavy atom. The third-order valence-corrected chi connectivity index (χ3v) is 2.02. The number of carbonyl (C=O) groups is 1. The SMILES string of the molecule is Cn1nc(C(=O)OC(C)(C)C)cc1/C=C/Br. The lowest BCUT2D eigenvalue weighted by atomic mass is 10.2. The standard InChI is InChI=1S/C11H15BrN2O2/c1-11(2,3)16-10(15)9-7-8(5-6-12)14(4)13-9/h5-7H,1-4H3/b6-5+. The predicted octanol–water partition coefficient (Wildman–Crippen LogP) is 2.74. The van der Waals surface area contributed by atoms with Crippen LogP contribution in [0.5, 0.6) is 0 Å². The first kappa shape index (κ1) is 13.0. The maximum atomic E-state index is 11.7. The fourth-order valence-electron chi connectivity index (χ4n) is 1.13. The minimum atomic E-state index is -0.500. The van der Waals surface area contributed by atoms with E-state index < -0.39 is 11.6 Å². The van der Waals surface area contributed by atoms with Crippen LogP contribution in [0.2, 0.25) is 0 Å². The van der Waals surface area contributed by atoms with Crippen molar-refractivity contribution in [2.75, 3.05) is 0 Å². The molecule has 0 fully saturated rings. The zero-order valence-corrected chi connectivity index (χ0v) is 11.4. The number of nitrogens with zero attached hydrogens (tertiary/aromatic N) is 2. The average Bonchev–Trinajstić information content (AvgIpc) is 2.46. The monoisotopic (exact) mass is 286 g/mol. The number of hydrogen-bond donors (Lipinski definition) is 0. The first-order valence-electron chi connectivity index (χ1n) is 4.87. The van der Waals surface area contributed by atoms with Crippen molar-refractivity contribution in [1.82, 2.24) is 9.78 Å². The van der Waals surface area contributed by atoms with Gasteiger partial charge in [-0.25, -0.2) is 4.79 Å². The second kappa shape index (κ2) is 4.82. The molecule has 0 N–H and O–H groups in total. The van der Waals surface area contributed by atoms with Gasteiger partial charge in [0.05, 0.1) is 5.69 Å². The highest BCUT2D eigenvalue weighted by Crippen LogP contribution is 2.13. The number of aromatic nitrogens is 2. The van der Waals surface area contributed by atoms with Crippen LogP contribution < -0.4 is 0 Å². The van der Waals surface area contributed by atoms with Crippen LogP contribution in [-0.2, 0) is 11.8 Å². The number of esters is 1. The maximum absolute atomic E-state index is 11.7. The summed E-state index contributed by atoms with van der Waals surface area (Å²) in [5, 5.41) is 4.08. The summed E-state index contributed by atoms with van der Waals surface area (Å²) >= 11 is 3.18. The molecule has 1 aromatic rings. The molecule has 5 heteroatoms. The van der Waals surface area contributed by atoms with Gasteiger partial charge >= 0.3 is 5.97 Å². The Bertz CT molecular complexity index is 416. The molecular formula is C11H15BrN2O2. The lowest BCUT2D eigenvalue weighted by Crippen LogP contribution is -2.24. The topological polar surface area (TPSA) is 44.1 Å². The first-order valence-corrected chi connectivity index (χ1v) is 5.79. The Morgan fingerprint density at radius 1 is 1.56 bits per heavy atom. The Hall–Kier alpha value is -1.10. The van der Waals surface area contributed by atoms with Crippen molar-refractivity contribution in [2.24, 2.45) is 7.05 Å². The van der Waals surface area contributed by atoms with E-state index in [-0.39, 0.29) is 0 Å². The highest BCUT2D eigenvalue weighted by molar-refractivity contribution is 9.11. The van der Waals surface area contributed by atoms with Gasteiger partial charge in [-0.1, -0.05) is 15.9 Å². The summed E-state index contributed by atoms with van der Waals surface area (Å²) in [5.74, 6) is -0.405. The van der Waals surface area contributed by atoms with Crippen molar-refractivity contribution in [3.63, 3.8) is 0 Å². The van der Waals surface area contributed by atoms with E-state index in [2.05, 4.69) is 21.0 Å². The fourth-order valence-corrected chi connectivity index (χ4v) is 1.40. The minimum absolute atomic E-state index is 0.318. The molecule has 0 saturated heterocycles.